The van der Waals surface area contributed by atoms with Gasteiger partial charge in [-0.05, 0) is 30.4 Å². The van der Waals surface area contributed by atoms with Gasteiger partial charge in [0.1, 0.15) is 0 Å². The minimum atomic E-state index is -4.37. The maximum atomic E-state index is 12.1. The maximum Gasteiger partial charge on any atom is 0.441 e. The first-order chi connectivity index (χ1) is 10.4. The Balaban J connectivity index is 1.89. The molecule has 1 unspecified atom stereocenters. The zero-order valence-electron chi connectivity index (χ0n) is 11.6. The van der Waals surface area contributed by atoms with Crippen LogP contribution in [0.15, 0.2) is 29.4 Å². The van der Waals surface area contributed by atoms with Crippen LogP contribution in [0.4, 0.5) is 13.2 Å². The van der Waals surface area contributed by atoms with Crippen molar-refractivity contribution < 1.29 is 18.0 Å². The molecule has 0 aromatic heterocycles. The smallest absolute Gasteiger partial charge is 0.347 e. The van der Waals surface area contributed by atoms with E-state index in [1.807, 2.05) is 24.3 Å². The Morgan fingerprint density at radius 2 is 2.14 bits per heavy atom. The number of thioether (sulfide) groups is 1. The molecule has 0 saturated carbocycles. The van der Waals surface area contributed by atoms with Crippen molar-refractivity contribution in [3.05, 3.63) is 40.3 Å². The van der Waals surface area contributed by atoms with Crippen LogP contribution in [0.25, 0.3) is 0 Å². The Bertz CT molecular complexity index is 551. The van der Waals surface area contributed by atoms with Gasteiger partial charge in [-0.15, -0.1) is 4.91 Å². The molecule has 1 aliphatic rings. The fourth-order valence-electron chi connectivity index (χ4n) is 2.49. The number of fused-ring (bicyclic) bond motifs is 1. The number of amides is 1. The van der Waals surface area contributed by atoms with E-state index in [1.54, 1.807) is 0 Å². The van der Waals surface area contributed by atoms with Crippen LogP contribution in [0.5, 0.6) is 0 Å². The van der Waals surface area contributed by atoms with Crippen LogP contribution in [0.2, 0.25) is 0 Å². The third kappa shape index (κ3) is 4.46. The van der Waals surface area contributed by atoms with E-state index in [4.69, 9.17) is 0 Å². The number of aryl methyl sites for hydroxylation is 1. The minimum absolute atomic E-state index is 0.205. The van der Waals surface area contributed by atoms with Gasteiger partial charge in [-0.25, -0.2) is 0 Å². The molecule has 0 saturated heterocycles. The van der Waals surface area contributed by atoms with Crippen LogP contribution in [0.3, 0.4) is 0 Å². The summed E-state index contributed by atoms with van der Waals surface area (Å²) >= 11 is -0.253. The Morgan fingerprint density at radius 1 is 1.41 bits per heavy atom. The predicted octanol–water partition coefficient (Wildman–Crippen LogP) is 3.57. The molecule has 2 rings (SSSR count). The highest BCUT2D eigenvalue weighted by atomic mass is 32.2. The summed E-state index contributed by atoms with van der Waals surface area (Å²) in [7, 11) is 0. The molecule has 0 fully saturated rings. The third-order valence-corrected chi connectivity index (χ3v) is 4.30. The van der Waals surface area contributed by atoms with Gasteiger partial charge in [-0.1, -0.05) is 41.2 Å². The average molecular weight is 332 g/mol. The lowest BCUT2D eigenvalue weighted by molar-refractivity contribution is -0.123. The van der Waals surface area contributed by atoms with E-state index in [9.17, 15) is 22.9 Å². The van der Waals surface area contributed by atoms with Crippen molar-refractivity contribution in [1.29, 1.82) is 0 Å². The van der Waals surface area contributed by atoms with Crippen molar-refractivity contribution in [2.75, 3.05) is 5.75 Å². The number of hydrogen-bond acceptors (Lipinski definition) is 4. The van der Waals surface area contributed by atoms with E-state index < -0.39 is 17.5 Å². The summed E-state index contributed by atoms with van der Waals surface area (Å²) in [5.41, 5.74) is -2.24. The van der Waals surface area contributed by atoms with Gasteiger partial charge < -0.3 is 5.32 Å². The van der Waals surface area contributed by atoms with E-state index in [0.29, 0.717) is 6.42 Å². The number of alkyl halides is 3. The highest BCUT2D eigenvalue weighted by Gasteiger charge is 2.31. The minimum Gasteiger partial charge on any atom is -0.347 e. The number of rotatable bonds is 6. The van der Waals surface area contributed by atoms with Gasteiger partial charge in [0.25, 0.3) is 0 Å². The first-order valence-corrected chi connectivity index (χ1v) is 7.80. The van der Waals surface area contributed by atoms with Gasteiger partial charge in [0.15, 0.2) is 6.04 Å². The van der Waals surface area contributed by atoms with E-state index in [1.165, 1.54) is 0 Å². The highest BCUT2D eigenvalue weighted by Crippen LogP contribution is 2.32. The predicted molar refractivity (Wildman–Crippen MR) is 78.4 cm³/mol. The Morgan fingerprint density at radius 3 is 2.82 bits per heavy atom. The fraction of sp³-hybridized carbons (Fsp3) is 0.500. The fourth-order valence-corrected chi connectivity index (χ4v) is 3.07. The van der Waals surface area contributed by atoms with Crippen LogP contribution >= 0.6 is 11.8 Å². The molecule has 0 bridgehead atoms. The van der Waals surface area contributed by atoms with Gasteiger partial charge in [0.2, 0.25) is 5.91 Å². The van der Waals surface area contributed by atoms with Gasteiger partial charge >= 0.3 is 5.51 Å². The zero-order valence-corrected chi connectivity index (χ0v) is 12.4. The first kappa shape index (κ1) is 16.8. The largest absolute Gasteiger partial charge is 0.441 e. The molecule has 0 radical (unpaired) electrons. The summed E-state index contributed by atoms with van der Waals surface area (Å²) in [5, 5.41) is 5.37. The first-order valence-electron chi connectivity index (χ1n) is 6.82. The summed E-state index contributed by atoms with van der Waals surface area (Å²) in [5.74, 6) is -0.978. The van der Waals surface area contributed by atoms with Crippen LogP contribution in [-0.2, 0) is 11.2 Å². The third-order valence-electron chi connectivity index (χ3n) is 3.54. The normalized spacial score (nSPS) is 18.6. The topological polar surface area (TPSA) is 58.5 Å². The van der Waals surface area contributed by atoms with Crippen molar-refractivity contribution in [3.8, 4) is 0 Å². The number of benzene rings is 1. The lowest BCUT2D eigenvalue weighted by Crippen LogP contribution is -2.35. The van der Waals surface area contributed by atoms with Crippen molar-refractivity contribution in [3.63, 3.8) is 0 Å². The van der Waals surface area contributed by atoms with Crippen LogP contribution < -0.4 is 5.32 Å². The summed E-state index contributed by atoms with van der Waals surface area (Å²) in [6, 6.07) is 6.14. The number of carbonyl (C=O) groups excluding carboxylic acids is 1. The van der Waals surface area contributed by atoms with E-state index in [2.05, 4.69) is 10.5 Å². The van der Waals surface area contributed by atoms with Crippen LogP contribution in [0.1, 0.15) is 30.0 Å². The Kier molecular flexibility index (Phi) is 5.44. The highest BCUT2D eigenvalue weighted by molar-refractivity contribution is 8.00. The van der Waals surface area contributed by atoms with Gasteiger partial charge in [0.05, 0.1) is 6.04 Å². The second kappa shape index (κ2) is 7.13. The Labute approximate surface area is 129 Å². The quantitative estimate of drug-likeness (QED) is 0.810. The number of carbonyl (C=O) groups is 1. The molecule has 1 amide bonds. The molecule has 4 nitrogen and oxygen atoms in total. The number of hydrogen-bond donors (Lipinski definition) is 1. The van der Waals surface area contributed by atoms with Crippen molar-refractivity contribution in [2.24, 2.45) is 5.18 Å². The molecule has 8 heteroatoms. The summed E-state index contributed by atoms with van der Waals surface area (Å²) in [4.78, 5) is 22.7. The molecule has 2 atom stereocenters. The number of nitrogens with one attached hydrogen (secondary N) is 1. The molecular formula is C14H15F3N2O2S. The molecular weight excluding hydrogens is 317 g/mol. The van der Waals surface area contributed by atoms with Crippen molar-refractivity contribution in [1.82, 2.24) is 5.32 Å². The lowest BCUT2D eigenvalue weighted by Gasteiger charge is -2.16. The zero-order chi connectivity index (χ0) is 16.2. The van der Waals surface area contributed by atoms with Gasteiger partial charge in [0, 0.05) is 5.75 Å². The summed E-state index contributed by atoms with van der Waals surface area (Å²) in [6.45, 7) is 0. The molecule has 1 aromatic rings. The maximum absolute atomic E-state index is 12.1. The standard InChI is InChI=1S/C14H15F3N2O2S/c15-14(16,17)22-8-7-12(19-21)13(20)18-11-6-5-9-3-1-2-4-10(9)11/h1-4,11-12H,5-8H2,(H,18,20)/t11?,12-/m0/s1. The molecule has 1 aliphatic carbocycles. The molecule has 22 heavy (non-hydrogen) atoms. The van der Waals surface area contributed by atoms with E-state index >= 15 is 0 Å². The number of nitroso groups, excluding NO2 is 1. The molecule has 1 aromatic carbocycles. The molecule has 0 aliphatic heterocycles. The number of nitrogens with zero attached hydrogens (tertiary/aromatic N) is 1. The monoisotopic (exact) mass is 332 g/mol. The molecule has 0 heterocycles. The second-order valence-electron chi connectivity index (χ2n) is 5.00. The summed E-state index contributed by atoms with van der Waals surface area (Å²) < 4.78 is 36.2. The van der Waals surface area contributed by atoms with E-state index in [-0.39, 0.29) is 30.0 Å². The van der Waals surface area contributed by atoms with Crippen molar-refractivity contribution in [2.45, 2.75) is 36.9 Å². The SMILES string of the molecule is O=N[C@@H](CCSC(F)(F)F)C(=O)NC1CCc2ccccc21. The summed E-state index contributed by atoms with van der Waals surface area (Å²) in [6.07, 6.45) is 1.31. The second-order valence-corrected chi connectivity index (χ2v) is 6.16. The van der Waals surface area contributed by atoms with Crippen LogP contribution in [0, 0.1) is 4.91 Å². The van der Waals surface area contributed by atoms with Gasteiger partial charge in [-0.2, -0.15) is 13.2 Å². The molecule has 120 valence electrons. The molecule has 0 spiro atoms. The van der Waals surface area contributed by atoms with Gasteiger partial charge in [-0.3, -0.25) is 4.79 Å². The average Bonchev–Trinajstić information content (AvgIpc) is 2.86. The Hall–Kier alpha value is -1.57. The number of halogens is 3. The van der Waals surface area contributed by atoms with E-state index in [0.717, 1.165) is 17.5 Å². The van der Waals surface area contributed by atoms with Crippen LogP contribution in [-0.4, -0.2) is 23.2 Å². The lowest BCUT2D eigenvalue weighted by atomic mass is 10.1. The molecule has 1 N–H and O–H groups in total. The van der Waals surface area contributed by atoms with Crippen molar-refractivity contribution >= 4 is 17.7 Å².